The predicted octanol–water partition coefficient (Wildman–Crippen LogP) is 3.00. The minimum atomic E-state index is -0.303. The number of nitrogens with two attached hydrogens (primary N) is 1. The molecule has 1 atom stereocenters. The molecular weight excluding hydrogens is 357 g/mol. The molecule has 26 heavy (non-hydrogen) atoms. The van der Waals surface area contributed by atoms with Gasteiger partial charge in [-0.05, 0) is 41.8 Å². The van der Waals surface area contributed by atoms with Gasteiger partial charge in [0.25, 0.3) is 0 Å². The number of benzene rings is 2. The summed E-state index contributed by atoms with van der Waals surface area (Å²) in [4.78, 5) is 18.3. The fraction of sp³-hybridized carbons (Fsp3) is 0.263. The van der Waals surface area contributed by atoms with Crippen molar-refractivity contribution in [2.45, 2.75) is 32.0 Å². The molecule has 0 spiro atoms. The summed E-state index contributed by atoms with van der Waals surface area (Å²) in [5.41, 5.74) is 7.91. The monoisotopic (exact) mass is 377 g/mol. The van der Waals surface area contributed by atoms with Gasteiger partial charge in [0.15, 0.2) is 0 Å². The maximum atomic E-state index is 13.0. The lowest BCUT2D eigenvalue weighted by Crippen LogP contribution is -2.42. The molecule has 3 N–H and O–H groups in total. The Morgan fingerprint density at radius 1 is 1.15 bits per heavy atom. The molecule has 1 fully saturated rings. The number of aliphatic imine (C=N–C) groups is 1. The average Bonchev–Trinajstić information content (AvgIpc) is 2.97. The summed E-state index contributed by atoms with van der Waals surface area (Å²) in [5, 5.41) is 9.30. The second kappa shape index (κ2) is 8.67. The van der Waals surface area contributed by atoms with Gasteiger partial charge in [-0.15, -0.1) is 12.4 Å². The van der Waals surface area contributed by atoms with Crippen molar-refractivity contribution in [3.63, 3.8) is 0 Å². The van der Waals surface area contributed by atoms with E-state index in [4.69, 9.17) is 5.73 Å². The van der Waals surface area contributed by atoms with Crippen molar-refractivity contribution in [3.8, 4) is 5.75 Å². The summed E-state index contributed by atoms with van der Waals surface area (Å²) in [6.07, 6.45) is 1.06. The van der Waals surface area contributed by atoms with Crippen LogP contribution in [0.5, 0.6) is 5.75 Å². The Morgan fingerprint density at radius 3 is 2.42 bits per heavy atom. The number of phenols is 1. The third-order valence-electron chi connectivity index (χ3n) is 4.32. The van der Waals surface area contributed by atoms with Crippen LogP contribution < -0.4 is 5.73 Å². The Kier molecular flexibility index (Phi) is 6.58. The van der Waals surface area contributed by atoms with E-state index in [1.54, 1.807) is 41.3 Å². The lowest BCUT2D eigenvalue weighted by molar-refractivity contribution is -0.128. The van der Waals surface area contributed by atoms with Gasteiger partial charge in [0.2, 0.25) is 5.91 Å². The van der Waals surface area contributed by atoms with Crippen LogP contribution in [-0.2, 0) is 17.9 Å². The molecule has 0 unspecified atom stereocenters. The van der Waals surface area contributed by atoms with Crippen molar-refractivity contribution in [1.29, 1.82) is 0 Å². The second-order valence-corrected chi connectivity index (χ2v) is 6.11. The minimum absolute atomic E-state index is 0. The van der Waals surface area contributed by atoms with Crippen molar-refractivity contribution in [1.82, 2.24) is 4.90 Å². The molecule has 1 saturated heterocycles. The summed E-state index contributed by atoms with van der Waals surface area (Å²) in [6, 6.07) is 12.6. The topological polar surface area (TPSA) is 78.9 Å². The molecule has 2 aromatic carbocycles. The van der Waals surface area contributed by atoms with Gasteiger partial charge in [-0.2, -0.15) is 0 Å². The first-order valence-electron chi connectivity index (χ1n) is 8.14. The van der Waals surface area contributed by atoms with Crippen LogP contribution in [-0.4, -0.2) is 27.8 Å². The normalized spacial score (nSPS) is 17.3. The fourth-order valence-corrected chi connectivity index (χ4v) is 2.92. The number of phenolic OH excluding ortho intramolecular Hbond substituents is 1. The number of hydrogen-bond acceptors (Lipinski definition) is 3. The molecule has 3 rings (SSSR count). The predicted molar refractivity (Wildman–Crippen MR) is 101 cm³/mol. The van der Waals surface area contributed by atoms with E-state index >= 15 is 0 Å². The van der Waals surface area contributed by atoms with E-state index in [2.05, 4.69) is 4.99 Å². The highest BCUT2D eigenvalue weighted by molar-refractivity contribution is 5.93. The molecule has 7 heteroatoms. The third kappa shape index (κ3) is 4.73. The Morgan fingerprint density at radius 2 is 1.77 bits per heavy atom. The Bertz CT molecular complexity index is 778. The number of hydrogen-bond donors (Lipinski definition) is 2. The fourth-order valence-electron chi connectivity index (χ4n) is 2.92. The molecule has 0 radical (unpaired) electrons. The molecule has 1 aliphatic heterocycles. The summed E-state index contributed by atoms with van der Waals surface area (Å²) in [6.45, 7) is 0.778. The molecule has 1 aliphatic rings. The zero-order valence-electron chi connectivity index (χ0n) is 14.1. The number of amidine groups is 1. The van der Waals surface area contributed by atoms with Crippen molar-refractivity contribution >= 4 is 24.1 Å². The molecule has 1 heterocycles. The number of carbonyl (C=O) groups excluding carboxylic acids is 1. The van der Waals surface area contributed by atoms with Gasteiger partial charge in [0.1, 0.15) is 17.4 Å². The van der Waals surface area contributed by atoms with Gasteiger partial charge >= 0.3 is 0 Å². The Labute approximate surface area is 157 Å². The second-order valence-electron chi connectivity index (χ2n) is 6.11. The van der Waals surface area contributed by atoms with Gasteiger partial charge in [-0.1, -0.05) is 24.3 Å². The van der Waals surface area contributed by atoms with Gasteiger partial charge in [0.05, 0.1) is 12.6 Å². The van der Waals surface area contributed by atoms with E-state index in [9.17, 15) is 14.3 Å². The van der Waals surface area contributed by atoms with Crippen LogP contribution in [0.3, 0.4) is 0 Å². The largest absolute Gasteiger partial charge is 0.508 e. The van der Waals surface area contributed by atoms with E-state index in [0.29, 0.717) is 31.8 Å². The van der Waals surface area contributed by atoms with Crippen LogP contribution in [0.15, 0.2) is 53.5 Å². The number of aromatic hydroxyl groups is 1. The molecule has 0 aliphatic carbocycles. The van der Waals surface area contributed by atoms with Crippen molar-refractivity contribution < 1.29 is 14.3 Å². The van der Waals surface area contributed by atoms with Crippen LogP contribution >= 0.6 is 12.4 Å². The van der Waals surface area contributed by atoms with E-state index in [1.807, 2.05) is 0 Å². The zero-order valence-corrected chi connectivity index (χ0v) is 15.0. The first kappa shape index (κ1) is 19.7. The number of nitrogens with zero attached hydrogens (tertiary/aromatic N) is 2. The molecule has 0 aromatic heterocycles. The van der Waals surface area contributed by atoms with Crippen molar-refractivity contribution in [2.75, 3.05) is 0 Å². The smallest absolute Gasteiger partial charge is 0.223 e. The molecule has 138 valence electrons. The van der Waals surface area contributed by atoms with Crippen molar-refractivity contribution in [2.24, 2.45) is 10.7 Å². The maximum absolute atomic E-state index is 13.0. The van der Waals surface area contributed by atoms with Crippen LogP contribution in [0.2, 0.25) is 0 Å². The van der Waals surface area contributed by atoms with Gasteiger partial charge < -0.3 is 15.7 Å². The summed E-state index contributed by atoms with van der Waals surface area (Å²) < 4.78 is 13.0. The molecule has 2 aromatic rings. The van der Waals surface area contributed by atoms with Crippen LogP contribution in [0, 0.1) is 5.82 Å². The standard InChI is InChI=1S/C19H20FN3O2.ClH/c20-15-5-1-14(2-6-15)12-23-17(9-10-18(23)25)19(21)22-11-13-3-7-16(24)8-4-13;/h1-8,17,24H,9-12H2,(H2,21,22);1H/t17-;/m0./s1. The molecule has 0 bridgehead atoms. The van der Waals surface area contributed by atoms with Gasteiger partial charge in [-0.25, -0.2) is 4.39 Å². The molecule has 5 nitrogen and oxygen atoms in total. The summed E-state index contributed by atoms with van der Waals surface area (Å²) >= 11 is 0. The first-order chi connectivity index (χ1) is 12.0. The van der Waals surface area contributed by atoms with Crippen LogP contribution in [0.4, 0.5) is 4.39 Å². The summed E-state index contributed by atoms with van der Waals surface area (Å²) in [7, 11) is 0. The zero-order chi connectivity index (χ0) is 17.8. The Hall–Kier alpha value is -2.60. The van der Waals surface area contributed by atoms with Crippen molar-refractivity contribution in [3.05, 3.63) is 65.5 Å². The highest BCUT2D eigenvalue weighted by Gasteiger charge is 2.33. The molecular formula is C19H21ClFN3O2. The lowest BCUT2D eigenvalue weighted by atomic mass is 10.1. The quantitative estimate of drug-likeness (QED) is 0.621. The summed E-state index contributed by atoms with van der Waals surface area (Å²) in [5.74, 6) is 0.341. The van der Waals surface area contributed by atoms with Crippen LogP contribution in [0.25, 0.3) is 0 Å². The number of halogens is 2. The van der Waals surface area contributed by atoms with E-state index in [0.717, 1.165) is 11.1 Å². The SMILES string of the molecule is Cl.NC(=NCc1ccc(O)cc1)[C@@H]1CCC(=O)N1Cc1ccc(F)cc1. The number of amides is 1. The highest BCUT2D eigenvalue weighted by Crippen LogP contribution is 2.22. The maximum Gasteiger partial charge on any atom is 0.223 e. The van der Waals surface area contributed by atoms with E-state index < -0.39 is 0 Å². The first-order valence-corrected chi connectivity index (χ1v) is 8.14. The minimum Gasteiger partial charge on any atom is -0.508 e. The number of likely N-dealkylation sites (tertiary alicyclic amines) is 1. The third-order valence-corrected chi connectivity index (χ3v) is 4.32. The van der Waals surface area contributed by atoms with E-state index in [1.165, 1.54) is 12.1 Å². The van der Waals surface area contributed by atoms with Gasteiger partial charge in [-0.3, -0.25) is 9.79 Å². The average molecular weight is 378 g/mol. The Balaban J connectivity index is 0.00000243. The molecule has 0 saturated carbocycles. The van der Waals surface area contributed by atoms with Crippen LogP contribution in [0.1, 0.15) is 24.0 Å². The number of rotatable bonds is 5. The van der Waals surface area contributed by atoms with E-state index in [-0.39, 0.29) is 35.9 Å². The number of carbonyl (C=O) groups is 1. The van der Waals surface area contributed by atoms with Gasteiger partial charge in [0, 0.05) is 13.0 Å². The lowest BCUT2D eigenvalue weighted by Gasteiger charge is -2.24. The molecule has 1 amide bonds. The highest BCUT2D eigenvalue weighted by atomic mass is 35.5.